The highest BCUT2D eigenvalue weighted by Gasteiger charge is 2.12. The molecule has 0 radical (unpaired) electrons. The van der Waals surface area contributed by atoms with Crippen LogP contribution in [0.25, 0.3) is 5.57 Å². The molecule has 1 atom stereocenters. The minimum absolute atomic E-state index is 0.161. The standard InChI is InChI=1S/C8H13N3O/c1-4-6(9)8-11-10-7(12-8)5(2)3/h6H,2,4,9H2,1,3H3/t6-/m1/s1. The number of aromatic nitrogens is 2. The van der Waals surface area contributed by atoms with Crippen LogP contribution in [-0.2, 0) is 0 Å². The van der Waals surface area contributed by atoms with Crippen LogP contribution < -0.4 is 5.73 Å². The van der Waals surface area contributed by atoms with Gasteiger partial charge in [0, 0.05) is 5.57 Å². The average Bonchev–Trinajstić information content (AvgIpc) is 2.51. The largest absolute Gasteiger partial charge is 0.419 e. The lowest BCUT2D eigenvalue weighted by Crippen LogP contribution is -2.08. The quantitative estimate of drug-likeness (QED) is 0.741. The molecule has 0 aliphatic carbocycles. The molecule has 1 aromatic rings. The Morgan fingerprint density at radius 2 is 2.33 bits per heavy atom. The molecule has 0 amide bonds. The van der Waals surface area contributed by atoms with Crippen molar-refractivity contribution in [1.82, 2.24) is 10.2 Å². The van der Waals surface area contributed by atoms with E-state index in [-0.39, 0.29) is 6.04 Å². The second-order valence-corrected chi connectivity index (χ2v) is 2.74. The fourth-order valence-corrected chi connectivity index (χ4v) is 0.732. The smallest absolute Gasteiger partial charge is 0.242 e. The molecule has 1 rings (SSSR count). The fourth-order valence-electron chi connectivity index (χ4n) is 0.732. The summed E-state index contributed by atoms with van der Waals surface area (Å²) >= 11 is 0. The van der Waals surface area contributed by atoms with E-state index in [4.69, 9.17) is 10.2 Å². The zero-order valence-electron chi connectivity index (χ0n) is 7.37. The molecule has 66 valence electrons. The zero-order valence-corrected chi connectivity index (χ0v) is 7.37. The topological polar surface area (TPSA) is 64.9 Å². The SMILES string of the molecule is C=C(C)c1nnc([C@H](N)CC)o1. The lowest BCUT2D eigenvalue weighted by Gasteiger charge is -1.99. The number of hydrogen-bond donors (Lipinski definition) is 1. The van der Waals surface area contributed by atoms with E-state index in [1.807, 2.05) is 13.8 Å². The van der Waals surface area contributed by atoms with Gasteiger partial charge in [-0.1, -0.05) is 13.5 Å². The van der Waals surface area contributed by atoms with Gasteiger partial charge in [0.25, 0.3) is 0 Å². The first-order chi connectivity index (χ1) is 5.65. The predicted molar refractivity (Wildman–Crippen MR) is 46.2 cm³/mol. The average molecular weight is 167 g/mol. The van der Waals surface area contributed by atoms with Crippen LogP contribution in [0.3, 0.4) is 0 Å². The Bertz CT molecular complexity index is 280. The lowest BCUT2D eigenvalue weighted by atomic mass is 10.2. The van der Waals surface area contributed by atoms with Gasteiger partial charge in [-0.2, -0.15) is 0 Å². The van der Waals surface area contributed by atoms with Gasteiger partial charge in [-0.25, -0.2) is 0 Å². The maximum atomic E-state index is 5.68. The maximum Gasteiger partial charge on any atom is 0.242 e. The van der Waals surface area contributed by atoms with E-state index in [1.165, 1.54) is 0 Å². The van der Waals surface area contributed by atoms with Crippen LogP contribution in [0, 0.1) is 0 Å². The van der Waals surface area contributed by atoms with Gasteiger partial charge in [-0.3, -0.25) is 0 Å². The third-order valence-electron chi connectivity index (χ3n) is 1.56. The van der Waals surface area contributed by atoms with Crippen LogP contribution in [0.1, 0.15) is 38.1 Å². The number of nitrogens with two attached hydrogens (primary N) is 1. The van der Waals surface area contributed by atoms with Crippen molar-refractivity contribution in [1.29, 1.82) is 0 Å². The summed E-state index contributed by atoms with van der Waals surface area (Å²) in [6.07, 6.45) is 0.790. The number of rotatable bonds is 3. The second-order valence-electron chi connectivity index (χ2n) is 2.74. The lowest BCUT2D eigenvalue weighted by molar-refractivity contribution is 0.436. The van der Waals surface area contributed by atoms with Crippen LogP contribution >= 0.6 is 0 Å². The molecule has 0 spiro atoms. The molecule has 0 saturated heterocycles. The normalized spacial score (nSPS) is 12.9. The van der Waals surface area contributed by atoms with E-state index in [0.717, 1.165) is 12.0 Å². The molecule has 1 aromatic heterocycles. The summed E-state index contributed by atoms with van der Waals surface area (Å²) in [5.74, 6) is 0.949. The van der Waals surface area contributed by atoms with Crippen molar-refractivity contribution in [2.24, 2.45) is 5.73 Å². The van der Waals surface area contributed by atoms with Gasteiger partial charge in [-0.05, 0) is 13.3 Å². The molecule has 12 heavy (non-hydrogen) atoms. The zero-order chi connectivity index (χ0) is 9.14. The van der Waals surface area contributed by atoms with E-state index in [9.17, 15) is 0 Å². The van der Waals surface area contributed by atoms with E-state index in [2.05, 4.69) is 16.8 Å². The Hall–Kier alpha value is -1.16. The van der Waals surface area contributed by atoms with Gasteiger partial charge in [0.05, 0.1) is 6.04 Å². The number of nitrogens with zero attached hydrogens (tertiary/aromatic N) is 2. The highest BCUT2D eigenvalue weighted by molar-refractivity contribution is 5.51. The predicted octanol–water partition coefficient (Wildman–Crippen LogP) is 1.51. The minimum atomic E-state index is -0.161. The van der Waals surface area contributed by atoms with Gasteiger partial charge in [0.1, 0.15) is 0 Å². The molecule has 0 aliphatic rings. The molecule has 0 aromatic carbocycles. The van der Waals surface area contributed by atoms with Crippen molar-refractivity contribution < 1.29 is 4.42 Å². The summed E-state index contributed by atoms with van der Waals surface area (Å²) in [4.78, 5) is 0. The summed E-state index contributed by atoms with van der Waals surface area (Å²) in [5.41, 5.74) is 6.44. The summed E-state index contributed by atoms with van der Waals surface area (Å²) in [7, 11) is 0. The van der Waals surface area contributed by atoms with Crippen LogP contribution in [0.5, 0.6) is 0 Å². The van der Waals surface area contributed by atoms with Crippen molar-refractivity contribution in [3.8, 4) is 0 Å². The Morgan fingerprint density at radius 3 is 2.75 bits per heavy atom. The van der Waals surface area contributed by atoms with Crippen molar-refractivity contribution >= 4 is 5.57 Å². The van der Waals surface area contributed by atoms with E-state index in [0.29, 0.717) is 11.8 Å². The highest BCUT2D eigenvalue weighted by atomic mass is 16.4. The first kappa shape index (κ1) is 8.93. The molecule has 0 fully saturated rings. The molecular formula is C8H13N3O. The van der Waals surface area contributed by atoms with E-state index in [1.54, 1.807) is 0 Å². The molecule has 0 saturated carbocycles. The van der Waals surface area contributed by atoms with E-state index < -0.39 is 0 Å². The summed E-state index contributed by atoms with van der Waals surface area (Å²) < 4.78 is 5.25. The molecule has 2 N–H and O–H groups in total. The molecular weight excluding hydrogens is 154 g/mol. The summed E-state index contributed by atoms with van der Waals surface area (Å²) in [5, 5.41) is 7.59. The van der Waals surface area contributed by atoms with Gasteiger partial charge >= 0.3 is 0 Å². The Morgan fingerprint density at radius 1 is 1.67 bits per heavy atom. The van der Waals surface area contributed by atoms with Crippen LogP contribution in [0.4, 0.5) is 0 Å². The van der Waals surface area contributed by atoms with Gasteiger partial charge in [0.2, 0.25) is 11.8 Å². The maximum absolute atomic E-state index is 5.68. The molecule has 0 aliphatic heterocycles. The van der Waals surface area contributed by atoms with Gasteiger partial charge in [-0.15, -0.1) is 10.2 Å². The summed E-state index contributed by atoms with van der Waals surface area (Å²) in [6.45, 7) is 7.47. The van der Waals surface area contributed by atoms with Crippen molar-refractivity contribution in [3.63, 3.8) is 0 Å². The first-order valence-corrected chi connectivity index (χ1v) is 3.90. The monoisotopic (exact) mass is 167 g/mol. The van der Waals surface area contributed by atoms with Crippen molar-refractivity contribution in [2.75, 3.05) is 0 Å². The van der Waals surface area contributed by atoms with Gasteiger partial charge < -0.3 is 10.2 Å². The number of allylic oxidation sites excluding steroid dienone is 1. The summed E-state index contributed by atoms with van der Waals surface area (Å²) in [6, 6.07) is -0.161. The molecule has 4 heteroatoms. The minimum Gasteiger partial charge on any atom is -0.419 e. The third-order valence-corrected chi connectivity index (χ3v) is 1.56. The molecule has 4 nitrogen and oxygen atoms in total. The highest BCUT2D eigenvalue weighted by Crippen LogP contribution is 2.15. The Kier molecular flexibility index (Phi) is 2.60. The molecule has 0 unspecified atom stereocenters. The number of hydrogen-bond acceptors (Lipinski definition) is 4. The Labute approximate surface area is 71.5 Å². The van der Waals surface area contributed by atoms with Crippen LogP contribution in [0.15, 0.2) is 11.0 Å². The molecule has 1 heterocycles. The van der Waals surface area contributed by atoms with Crippen molar-refractivity contribution in [2.45, 2.75) is 26.3 Å². The molecule has 0 bridgehead atoms. The fraction of sp³-hybridized carbons (Fsp3) is 0.500. The third kappa shape index (κ3) is 1.71. The van der Waals surface area contributed by atoms with E-state index >= 15 is 0 Å². The first-order valence-electron chi connectivity index (χ1n) is 3.90. The Balaban J connectivity index is 2.84. The van der Waals surface area contributed by atoms with Crippen LogP contribution in [-0.4, -0.2) is 10.2 Å². The van der Waals surface area contributed by atoms with Crippen LogP contribution in [0.2, 0.25) is 0 Å². The second kappa shape index (κ2) is 3.49. The van der Waals surface area contributed by atoms with Crippen molar-refractivity contribution in [3.05, 3.63) is 18.4 Å². The van der Waals surface area contributed by atoms with Gasteiger partial charge in [0.15, 0.2) is 0 Å².